The van der Waals surface area contributed by atoms with Gasteiger partial charge in [-0.05, 0) is 18.2 Å². The number of hydrogen-bond acceptors (Lipinski definition) is 2. The largest absolute Gasteiger partial charge is 0.508 e. The van der Waals surface area contributed by atoms with Gasteiger partial charge in [0, 0.05) is 17.7 Å². The van der Waals surface area contributed by atoms with Crippen LogP contribution in [0.15, 0.2) is 36.4 Å². The maximum absolute atomic E-state index is 13.3. The Morgan fingerprint density at radius 2 is 1.84 bits per heavy atom. The van der Waals surface area contributed by atoms with Gasteiger partial charge in [-0.25, -0.2) is 13.2 Å². The Morgan fingerprint density at radius 1 is 1.11 bits per heavy atom. The van der Waals surface area contributed by atoms with Crippen molar-refractivity contribution >= 4 is 11.6 Å². The van der Waals surface area contributed by atoms with Crippen LogP contribution in [0, 0.1) is 17.5 Å². The molecule has 0 aliphatic carbocycles. The first-order chi connectivity index (χ1) is 8.97. The van der Waals surface area contributed by atoms with Gasteiger partial charge < -0.3 is 10.4 Å². The molecule has 98 valence electrons. The number of carbonyl (C=O) groups is 1. The van der Waals surface area contributed by atoms with Crippen LogP contribution < -0.4 is 5.32 Å². The molecule has 2 N–H and O–H groups in total. The third kappa shape index (κ3) is 2.85. The normalized spacial score (nSPS) is 10.3. The summed E-state index contributed by atoms with van der Waals surface area (Å²) in [5, 5.41) is 11.2. The van der Waals surface area contributed by atoms with Crippen LogP contribution in [0.3, 0.4) is 0 Å². The third-order valence-corrected chi connectivity index (χ3v) is 2.35. The van der Waals surface area contributed by atoms with Gasteiger partial charge in [0.05, 0.1) is 5.69 Å². The van der Waals surface area contributed by atoms with Gasteiger partial charge in [-0.15, -0.1) is 0 Å². The Hall–Kier alpha value is -2.50. The maximum Gasteiger partial charge on any atom is 0.255 e. The number of hydrogen-bond donors (Lipinski definition) is 2. The quantitative estimate of drug-likeness (QED) is 0.821. The number of phenols is 1. The molecule has 0 aliphatic rings. The number of carbonyl (C=O) groups excluding carboxylic acids is 1. The van der Waals surface area contributed by atoms with Crippen LogP contribution in [0.1, 0.15) is 10.4 Å². The number of anilines is 1. The fourth-order valence-corrected chi connectivity index (χ4v) is 1.49. The molecule has 1 amide bonds. The second kappa shape index (κ2) is 5.01. The van der Waals surface area contributed by atoms with Gasteiger partial charge in [-0.2, -0.15) is 0 Å². The molecule has 2 aromatic rings. The summed E-state index contributed by atoms with van der Waals surface area (Å²) in [4.78, 5) is 11.7. The van der Waals surface area contributed by atoms with E-state index in [1.807, 2.05) is 5.32 Å². The summed E-state index contributed by atoms with van der Waals surface area (Å²) >= 11 is 0. The fourth-order valence-electron chi connectivity index (χ4n) is 1.49. The van der Waals surface area contributed by atoms with E-state index in [9.17, 15) is 23.1 Å². The molecule has 0 unspecified atom stereocenters. The van der Waals surface area contributed by atoms with Crippen LogP contribution in [-0.2, 0) is 0 Å². The predicted octanol–water partition coefficient (Wildman–Crippen LogP) is 3.06. The van der Waals surface area contributed by atoms with Crippen molar-refractivity contribution in [3.63, 3.8) is 0 Å². The van der Waals surface area contributed by atoms with Crippen molar-refractivity contribution in [2.75, 3.05) is 5.32 Å². The summed E-state index contributed by atoms with van der Waals surface area (Å²) in [6.07, 6.45) is 0. The molecule has 0 fully saturated rings. The molecular weight excluding hydrogens is 259 g/mol. The minimum absolute atomic E-state index is 0.0315. The second-order valence-corrected chi connectivity index (χ2v) is 3.75. The number of amides is 1. The molecular formula is C13H8F3NO2. The highest BCUT2D eigenvalue weighted by Gasteiger charge is 2.14. The van der Waals surface area contributed by atoms with Gasteiger partial charge in [0.15, 0.2) is 11.6 Å². The standard InChI is InChI=1S/C13H8F3NO2/c14-8-5-10(15)12(16)11(6-8)17-13(19)7-2-1-3-9(18)4-7/h1-6,18H,(H,17,19). The van der Waals surface area contributed by atoms with Gasteiger partial charge in [-0.1, -0.05) is 6.07 Å². The van der Waals surface area contributed by atoms with Crippen LogP contribution in [0.5, 0.6) is 5.75 Å². The average molecular weight is 267 g/mol. The lowest BCUT2D eigenvalue weighted by atomic mass is 10.2. The van der Waals surface area contributed by atoms with Crippen LogP contribution in [-0.4, -0.2) is 11.0 Å². The van der Waals surface area contributed by atoms with Gasteiger partial charge in [0.25, 0.3) is 5.91 Å². The topological polar surface area (TPSA) is 49.3 Å². The molecule has 0 saturated heterocycles. The highest BCUT2D eigenvalue weighted by Crippen LogP contribution is 2.20. The molecule has 6 heteroatoms. The monoisotopic (exact) mass is 267 g/mol. The highest BCUT2D eigenvalue weighted by molar-refractivity contribution is 6.04. The molecule has 0 bridgehead atoms. The van der Waals surface area contributed by atoms with Gasteiger partial charge in [0.1, 0.15) is 11.6 Å². The van der Waals surface area contributed by atoms with Crippen molar-refractivity contribution in [1.82, 2.24) is 0 Å². The molecule has 0 aliphatic heterocycles. The summed E-state index contributed by atoms with van der Waals surface area (Å²) in [5.41, 5.74) is -0.574. The molecule has 19 heavy (non-hydrogen) atoms. The third-order valence-electron chi connectivity index (χ3n) is 2.35. The van der Waals surface area contributed by atoms with Gasteiger partial charge in [0.2, 0.25) is 0 Å². The zero-order valence-electron chi connectivity index (χ0n) is 9.45. The summed E-state index contributed by atoms with van der Waals surface area (Å²) in [6, 6.07) is 6.30. The Labute approximate surface area is 106 Å². The van der Waals surface area contributed by atoms with Crippen molar-refractivity contribution < 1.29 is 23.1 Å². The lowest BCUT2D eigenvalue weighted by Crippen LogP contribution is -2.13. The van der Waals surface area contributed by atoms with Gasteiger partial charge >= 0.3 is 0 Å². The van der Waals surface area contributed by atoms with E-state index in [0.717, 1.165) is 6.07 Å². The Kier molecular flexibility index (Phi) is 3.41. The fraction of sp³-hybridized carbons (Fsp3) is 0. The summed E-state index contributed by atoms with van der Waals surface area (Å²) in [7, 11) is 0. The van der Waals surface area contributed by atoms with Crippen molar-refractivity contribution in [1.29, 1.82) is 0 Å². The van der Waals surface area contributed by atoms with Crippen LogP contribution in [0.2, 0.25) is 0 Å². The minimum Gasteiger partial charge on any atom is -0.508 e. The van der Waals surface area contributed by atoms with E-state index in [2.05, 4.69) is 0 Å². The van der Waals surface area contributed by atoms with Crippen LogP contribution in [0.4, 0.5) is 18.9 Å². The zero-order valence-corrected chi connectivity index (χ0v) is 9.45. The molecule has 0 saturated carbocycles. The summed E-state index contributed by atoms with van der Waals surface area (Å²) in [6.45, 7) is 0. The Balaban J connectivity index is 2.29. The van der Waals surface area contributed by atoms with E-state index in [-0.39, 0.29) is 11.3 Å². The van der Waals surface area contributed by atoms with Crippen molar-refractivity contribution in [2.45, 2.75) is 0 Å². The number of phenolic OH excluding ortho intramolecular Hbond substituents is 1. The second-order valence-electron chi connectivity index (χ2n) is 3.75. The van der Waals surface area contributed by atoms with Gasteiger partial charge in [-0.3, -0.25) is 4.79 Å². The van der Waals surface area contributed by atoms with E-state index in [1.165, 1.54) is 18.2 Å². The lowest BCUT2D eigenvalue weighted by molar-refractivity contribution is 0.102. The number of nitrogens with one attached hydrogen (secondary N) is 1. The first-order valence-electron chi connectivity index (χ1n) is 5.22. The van der Waals surface area contributed by atoms with Crippen LogP contribution >= 0.6 is 0 Å². The SMILES string of the molecule is O=C(Nc1cc(F)cc(F)c1F)c1cccc(O)c1. The lowest BCUT2D eigenvalue weighted by Gasteiger charge is -2.07. The van der Waals surface area contributed by atoms with Crippen LogP contribution in [0.25, 0.3) is 0 Å². The zero-order chi connectivity index (χ0) is 14.0. The first-order valence-corrected chi connectivity index (χ1v) is 5.22. The highest BCUT2D eigenvalue weighted by atomic mass is 19.2. The molecule has 0 atom stereocenters. The van der Waals surface area contributed by atoms with E-state index >= 15 is 0 Å². The predicted molar refractivity (Wildman–Crippen MR) is 62.4 cm³/mol. The Bertz CT molecular complexity index is 644. The van der Waals surface area contributed by atoms with Crippen molar-refractivity contribution in [3.05, 3.63) is 59.4 Å². The smallest absolute Gasteiger partial charge is 0.255 e. The Morgan fingerprint density at radius 3 is 2.53 bits per heavy atom. The van der Waals surface area contributed by atoms with E-state index < -0.39 is 29.0 Å². The maximum atomic E-state index is 13.3. The molecule has 3 nitrogen and oxygen atoms in total. The number of benzene rings is 2. The molecule has 0 heterocycles. The molecule has 0 aromatic heterocycles. The molecule has 2 aromatic carbocycles. The minimum atomic E-state index is -1.40. The molecule has 0 radical (unpaired) electrons. The average Bonchev–Trinajstić information content (AvgIpc) is 2.35. The number of rotatable bonds is 2. The van der Waals surface area contributed by atoms with E-state index in [1.54, 1.807) is 0 Å². The van der Waals surface area contributed by atoms with Crippen molar-refractivity contribution in [2.24, 2.45) is 0 Å². The molecule has 0 spiro atoms. The van der Waals surface area contributed by atoms with Crippen molar-refractivity contribution in [3.8, 4) is 5.75 Å². The first kappa shape index (κ1) is 12.9. The summed E-state index contributed by atoms with van der Waals surface area (Å²) < 4.78 is 39.2. The van der Waals surface area contributed by atoms with E-state index in [0.29, 0.717) is 12.1 Å². The summed E-state index contributed by atoms with van der Waals surface area (Å²) in [5.74, 6) is -4.70. The van der Waals surface area contributed by atoms with E-state index in [4.69, 9.17) is 0 Å². The number of halogens is 3. The number of aromatic hydroxyl groups is 1. The molecule has 2 rings (SSSR count).